The van der Waals surface area contributed by atoms with Crippen molar-refractivity contribution in [1.82, 2.24) is 5.32 Å². The number of nitrogens with one attached hydrogen (secondary N) is 2. The van der Waals surface area contributed by atoms with Gasteiger partial charge in [0.25, 0.3) is 10.0 Å². The number of carboxylic acids is 1. The first-order valence-corrected chi connectivity index (χ1v) is 16.7. The number of sulfonamides is 1. The van der Waals surface area contributed by atoms with E-state index < -0.39 is 28.1 Å². The summed E-state index contributed by atoms with van der Waals surface area (Å²) in [4.78, 5) is 11.8. The number of ether oxygens (including phenoxy) is 2. The van der Waals surface area contributed by atoms with Crippen LogP contribution in [0.4, 0.5) is 5.69 Å². The molecule has 2 atom stereocenters. The molecule has 9 nitrogen and oxygen atoms in total. The molecule has 0 saturated carbocycles. The lowest BCUT2D eigenvalue weighted by Crippen LogP contribution is -2.35. The Morgan fingerprint density at radius 2 is 1.68 bits per heavy atom. The molecule has 0 amide bonds. The van der Waals surface area contributed by atoms with Crippen molar-refractivity contribution in [2.75, 3.05) is 17.9 Å². The molecule has 250 valence electrons. The van der Waals surface area contributed by atoms with Gasteiger partial charge in [0, 0.05) is 24.2 Å². The summed E-state index contributed by atoms with van der Waals surface area (Å²) in [5.74, 6) is 0.398. The van der Waals surface area contributed by atoms with Crippen molar-refractivity contribution < 1.29 is 32.9 Å². The number of aliphatic hydroxyl groups is 1. The Morgan fingerprint density at radius 3 is 2.36 bits per heavy atom. The largest absolute Gasteiger partial charge is 0.492 e. The Bertz CT molecular complexity index is 1850. The average molecular weight is 661 g/mol. The SMILES string of the molecule is C.Cc1cc(-c2ccc(C(=O)O)c(C(C)C)c2)cc(C)c1OCCN[C@@H](C)[C@H](O)c1ccc2cc1NS(=O)(=O)c1cccc(c1)CO2. The maximum atomic E-state index is 13.1. The highest BCUT2D eigenvalue weighted by Gasteiger charge is 2.24. The monoisotopic (exact) mass is 660 g/mol. The van der Waals surface area contributed by atoms with Crippen LogP contribution in [0.2, 0.25) is 0 Å². The van der Waals surface area contributed by atoms with Gasteiger partial charge in [0.15, 0.2) is 0 Å². The highest BCUT2D eigenvalue weighted by atomic mass is 32.2. The van der Waals surface area contributed by atoms with Crippen LogP contribution in [-0.2, 0) is 16.6 Å². The lowest BCUT2D eigenvalue weighted by molar-refractivity contribution is 0.0695. The summed E-state index contributed by atoms with van der Waals surface area (Å²) < 4.78 is 40.9. The number of aryl methyl sites for hydroxylation is 2. The topological polar surface area (TPSA) is 134 Å². The molecule has 0 aromatic heterocycles. The summed E-state index contributed by atoms with van der Waals surface area (Å²) in [5, 5.41) is 24.1. The van der Waals surface area contributed by atoms with Crippen LogP contribution >= 0.6 is 0 Å². The Labute approximate surface area is 277 Å². The number of aromatic carboxylic acids is 1. The van der Waals surface area contributed by atoms with Gasteiger partial charge in [-0.05, 0) is 96.5 Å². The Kier molecular flexibility index (Phi) is 11.0. The van der Waals surface area contributed by atoms with E-state index in [-0.39, 0.29) is 30.5 Å². The Hall–Kier alpha value is -4.38. The molecular formula is C37H44N2O7S. The van der Waals surface area contributed by atoms with Crippen molar-refractivity contribution in [3.05, 3.63) is 106 Å². The third-order valence-electron chi connectivity index (χ3n) is 8.19. The lowest BCUT2D eigenvalue weighted by atomic mass is 9.91. The minimum absolute atomic E-state index is 0. The maximum Gasteiger partial charge on any atom is 0.335 e. The number of fused-ring (bicyclic) bond motifs is 4. The van der Waals surface area contributed by atoms with Crippen LogP contribution < -0.4 is 19.5 Å². The molecule has 4 N–H and O–H groups in total. The van der Waals surface area contributed by atoms with Gasteiger partial charge in [-0.25, -0.2) is 13.2 Å². The quantitative estimate of drug-likeness (QED) is 0.131. The zero-order valence-electron chi connectivity index (χ0n) is 26.6. The molecule has 0 fully saturated rings. The van der Waals surface area contributed by atoms with Crippen LogP contribution in [0.1, 0.15) is 78.4 Å². The van der Waals surface area contributed by atoms with E-state index in [4.69, 9.17) is 9.47 Å². The van der Waals surface area contributed by atoms with E-state index in [1.807, 2.05) is 58.9 Å². The van der Waals surface area contributed by atoms with E-state index in [2.05, 4.69) is 10.0 Å². The number of hydrogen-bond donors (Lipinski definition) is 4. The highest BCUT2D eigenvalue weighted by Crippen LogP contribution is 2.34. The molecule has 1 aliphatic rings. The van der Waals surface area contributed by atoms with Crippen LogP contribution in [0, 0.1) is 13.8 Å². The zero-order valence-corrected chi connectivity index (χ0v) is 27.4. The van der Waals surface area contributed by atoms with Crippen LogP contribution in [0.3, 0.4) is 0 Å². The summed E-state index contributed by atoms with van der Waals surface area (Å²) in [5.41, 5.74) is 6.37. The minimum atomic E-state index is -3.87. The fourth-order valence-corrected chi connectivity index (χ4v) is 6.87. The van der Waals surface area contributed by atoms with Crippen molar-refractivity contribution in [2.24, 2.45) is 0 Å². The first-order chi connectivity index (χ1) is 21.8. The molecule has 4 bridgehead atoms. The van der Waals surface area contributed by atoms with E-state index in [0.717, 1.165) is 39.1 Å². The van der Waals surface area contributed by atoms with Crippen molar-refractivity contribution in [3.63, 3.8) is 0 Å². The van der Waals surface area contributed by atoms with Gasteiger partial charge in [-0.1, -0.05) is 51.6 Å². The summed E-state index contributed by atoms with van der Waals surface area (Å²) in [6, 6.07) is 20.7. The Balaban J connectivity index is 0.00000500. The minimum Gasteiger partial charge on any atom is -0.492 e. The first-order valence-electron chi connectivity index (χ1n) is 15.3. The molecular weight excluding hydrogens is 616 g/mol. The third kappa shape index (κ3) is 7.96. The summed E-state index contributed by atoms with van der Waals surface area (Å²) in [7, 11) is -3.87. The number of benzene rings is 4. The molecule has 0 unspecified atom stereocenters. The van der Waals surface area contributed by atoms with Gasteiger partial charge in [-0.2, -0.15) is 0 Å². The second kappa shape index (κ2) is 14.6. The van der Waals surface area contributed by atoms with E-state index in [1.54, 1.807) is 42.5 Å². The molecule has 0 aliphatic carbocycles. The molecule has 5 rings (SSSR count). The summed E-state index contributed by atoms with van der Waals surface area (Å²) >= 11 is 0. The fraction of sp³-hybridized carbons (Fsp3) is 0.324. The lowest BCUT2D eigenvalue weighted by Gasteiger charge is -2.24. The standard InChI is InChI=1S/C36H40N2O7S.CH4/c1-21(2)32-18-26(9-11-30(32)36(40)41)27-15-22(3)35(23(4)16-27)44-14-13-37-24(5)34(39)31-12-10-28-19-33(31)38-46(42,43)29-8-6-7-25(17-29)20-45-28;/h6-12,15-19,21,24,34,37-39H,13-14,20H2,1-5H3,(H,40,41);1H4/t24-,34-;/m0./s1. The van der Waals surface area contributed by atoms with Gasteiger partial charge >= 0.3 is 5.97 Å². The zero-order chi connectivity index (χ0) is 33.2. The van der Waals surface area contributed by atoms with E-state index in [1.165, 1.54) is 6.07 Å². The molecule has 1 aliphatic heterocycles. The molecule has 4 aromatic carbocycles. The molecule has 4 aromatic rings. The molecule has 0 spiro atoms. The summed E-state index contributed by atoms with van der Waals surface area (Å²) in [6.07, 6.45) is -1.02. The molecule has 0 saturated heterocycles. The van der Waals surface area contributed by atoms with Crippen molar-refractivity contribution in [3.8, 4) is 22.6 Å². The second-order valence-electron chi connectivity index (χ2n) is 12.0. The van der Waals surface area contributed by atoms with Gasteiger partial charge in [0.2, 0.25) is 0 Å². The number of anilines is 1. The second-order valence-corrected chi connectivity index (χ2v) is 13.7. The first kappa shape index (κ1) is 35.5. The normalized spacial score (nSPS) is 14.6. The highest BCUT2D eigenvalue weighted by molar-refractivity contribution is 7.92. The van der Waals surface area contributed by atoms with Gasteiger partial charge < -0.3 is 25.0 Å². The van der Waals surface area contributed by atoms with Crippen molar-refractivity contribution >= 4 is 21.7 Å². The molecule has 10 heteroatoms. The van der Waals surface area contributed by atoms with Gasteiger partial charge in [0.1, 0.15) is 24.7 Å². The fourth-order valence-electron chi connectivity index (χ4n) is 5.72. The van der Waals surface area contributed by atoms with Crippen LogP contribution in [0.15, 0.2) is 77.7 Å². The van der Waals surface area contributed by atoms with Gasteiger partial charge in [0.05, 0.1) is 22.3 Å². The molecule has 1 heterocycles. The smallest absolute Gasteiger partial charge is 0.335 e. The third-order valence-corrected chi connectivity index (χ3v) is 9.55. The predicted octanol–water partition coefficient (Wildman–Crippen LogP) is 7.21. The van der Waals surface area contributed by atoms with E-state index in [0.29, 0.717) is 30.0 Å². The number of rotatable bonds is 10. The van der Waals surface area contributed by atoms with Gasteiger partial charge in [-0.15, -0.1) is 0 Å². The summed E-state index contributed by atoms with van der Waals surface area (Å²) in [6.45, 7) is 10.7. The van der Waals surface area contributed by atoms with Gasteiger partial charge in [-0.3, -0.25) is 4.72 Å². The predicted molar refractivity (Wildman–Crippen MR) is 185 cm³/mol. The van der Waals surface area contributed by atoms with Crippen LogP contribution in [0.25, 0.3) is 11.1 Å². The number of aliphatic hydroxyl groups excluding tert-OH is 1. The maximum absolute atomic E-state index is 13.1. The van der Waals surface area contributed by atoms with Crippen LogP contribution in [-0.4, -0.2) is 43.8 Å². The average Bonchev–Trinajstić information content (AvgIpc) is 3.01. The Morgan fingerprint density at radius 1 is 0.957 bits per heavy atom. The van der Waals surface area contributed by atoms with E-state index in [9.17, 15) is 23.4 Å². The number of carbonyl (C=O) groups is 1. The number of carboxylic acid groups (broad SMARTS) is 1. The van der Waals surface area contributed by atoms with Crippen LogP contribution in [0.5, 0.6) is 11.5 Å². The van der Waals surface area contributed by atoms with Crippen molar-refractivity contribution in [1.29, 1.82) is 0 Å². The molecule has 47 heavy (non-hydrogen) atoms. The van der Waals surface area contributed by atoms with E-state index >= 15 is 0 Å². The van der Waals surface area contributed by atoms with Crippen molar-refractivity contribution in [2.45, 2.75) is 71.6 Å². The molecule has 0 radical (unpaired) electrons. The number of hydrogen-bond acceptors (Lipinski definition) is 7.